The van der Waals surface area contributed by atoms with Crippen molar-refractivity contribution >= 4 is 33.6 Å². The lowest BCUT2D eigenvalue weighted by Crippen LogP contribution is -2.41. The van der Waals surface area contributed by atoms with E-state index in [0.29, 0.717) is 24.1 Å². The van der Waals surface area contributed by atoms with Gasteiger partial charge in [0.15, 0.2) is 16.7 Å². The Balaban J connectivity index is 1.24. The number of halogens is 1. The molecule has 0 spiro atoms. The zero-order valence-electron chi connectivity index (χ0n) is 14.9. The Bertz CT molecular complexity index is 961. The molecule has 0 radical (unpaired) electrons. The molecule has 0 saturated heterocycles. The van der Waals surface area contributed by atoms with Crippen LogP contribution in [-0.4, -0.2) is 40.9 Å². The van der Waals surface area contributed by atoms with Gasteiger partial charge in [0.05, 0.1) is 24.2 Å². The zero-order chi connectivity index (χ0) is 19.3. The van der Waals surface area contributed by atoms with Crippen LogP contribution in [0.4, 0.5) is 0 Å². The van der Waals surface area contributed by atoms with E-state index < -0.39 is 0 Å². The van der Waals surface area contributed by atoms with Crippen molar-refractivity contribution in [2.75, 3.05) is 18.9 Å². The predicted molar refractivity (Wildman–Crippen MR) is 112 cm³/mol. The Morgan fingerprint density at radius 1 is 1.21 bits per heavy atom. The summed E-state index contributed by atoms with van der Waals surface area (Å²) >= 11 is 4.79. The molecule has 6 nitrogen and oxygen atoms in total. The summed E-state index contributed by atoms with van der Waals surface area (Å²) in [5.74, 6) is 1.64. The van der Waals surface area contributed by atoms with E-state index in [9.17, 15) is 4.79 Å². The third kappa shape index (κ3) is 4.69. The molecule has 28 heavy (non-hydrogen) atoms. The van der Waals surface area contributed by atoms with Crippen LogP contribution in [0.2, 0.25) is 0 Å². The Hall–Kier alpha value is -2.45. The highest BCUT2D eigenvalue weighted by molar-refractivity contribution is 9.10. The molecule has 0 saturated carbocycles. The maximum Gasteiger partial charge on any atom is 0.230 e. The first-order chi connectivity index (χ1) is 13.7. The number of fused-ring (bicyclic) bond motifs is 1. The summed E-state index contributed by atoms with van der Waals surface area (Å²) in [5, 5.41) is 3.59. The van der Waals surface area contributed by atoms with Crippen molar-refractivity contribution in [3.63, 3.8) is 0 Å². The highest BCUT2D eigenvalue weighted by atomic mass is 79.9. The lowest BCUT2D eigenvalue weighted by Gasteiger charge is -2.26. The first-order valence-corrected chi connectivity index (χ1v) is 10.5. The van der Waals surface area contributed by atoms with Crippen molar-refractivity contribution < 1.29 is 14.3 Å². The second kappa shape index (κ2) is 8.70. The molecule has 144 valence electrons. The van der Waals surface area contributed by atoms with Crippen LogP contribution in [-0.2, 0) is 4.79 Å². The normalized spacial score (nSPS) is 15.2. The topological polar surface area (TPSA) is 76.2 Å². The van der Waals surface area contributed by atoms with Gasteiger partial charge in [0.25, 0.3) is 0 Å². The standard InChI is InChI=1S/C20H18BrN3O3S/c21-14-7-5-13(6-8-14)16-10-23-20(24-16)28-12-19(25)22-9-15-11-26-17-3-1-2-4-18(17)27-15/h1-8,10,15H,9,11-12H2,(H,22,25)(H,23,24)/t15-/m0/s1. The van der Waals surface area contributed by atoms with Gasteiger partial charge < -0.3 is 19.8 Å². The fourth-order valence-electron chi connectivity index (χ4n) is 2.73. The molecular formula is C20H18BrN3O3S. The molecule has 1 aliphatic heterocycles. The van der Waals surface area contributed by atoms with Gasteiger partial charge in [-0.1, -0.05) is 52.0 Å². The van der Waals surface area contributed by atoms with Crippen molar-refractivity contribution in [1.29, 1.82) is 0 Å². The number of thioether (sulfide) groups is 1. The number of carbonyl (C=O) groups excluding carboxylic acids is 1. The number of hydrogen-bond donors (Lipinski definition) is 2. The number of carbonyl (C=O) groups is 1. The molecule has 3 aromatic rings. The second-order valence-corrected chi connectivity index (χ2v) is 8.08. The molecule has 0 aliphatic carbocycles. The third-order valence-corrected chi connectivity index (χ3v) is 5.56. The number of nitrogens with zero attached hydrogens (tertiary/aromatic N) is 1. The average molecular weight is 460 g/mol. The van der Waals surface area contributed by atoms with Crippen molar-refractivity contribution in [2.45, 2.75) is 11.3 Å². The number of benzene rings is 2. The summed E-state index contributed by atoms with van der Waals surface area (Å²) in [6.07, 6.45) is 1.57. The summed E-state index contributed by atoms with van der Waals surface area (Å²) in [4.78, 5) is 19.7. The molecular weight excluding hydrogens is 442 g/mol. The van der Waals surface area contributed by atoms with Crippen LogP contribution in [0.15, 0.2) is 64.4 Å². The lowest BCUT2D eigenvalue weighted by atomic mass is 10.2. The fraction of sp³-hybridized carbons (Fsp3) is 0.200. The number of imidazole rings is 1. The van der Waals surface area contributed by atoms with E-state index in [2.05, 4.69) is 31.2 Å². The van der Waals surface area contributed by atoms with Crippen molar-refractivity contribution in [3.05, 3.63) is 59.2 Å². The van der Waals surface area contributed by atoms with Crippen LogP contribution in [0, 0.1) is 0 Å². The summed E-state index contributed by atoms with van der Waals surface area (Å²) in [6.45, 7) is 0.815. The number of aromatic amines is 1. The minimum atomic E-state index is -0.198. The highest BCUT2D eigenvalue weighted by Gasteiger charge is 2.21. The molecule has 1 amide bonds. The van der Waals surface area contributed by atoms with Crippen LogP contribution in [0.25, 0.3) is 11.3 Å². The largest absolute Gasteiger partial charge is 0.486 e. The van der Waals surface area contributed by atoms with E-state index in [1.54, 1.807) is 6.20 Å². The Morgan fingerprint density at radius 3 is 2.82 bits per heavy atom. The maximum absolute atomic E-state index is 12.1. The van der Waals surface area contributed by atoms with E-state index in [1.807, 2.05) is 48.5 Å². The molecule has 4 rings (SSSR count). The van der Waals surface area contributed by atoms with Crippen LogP contribution in [0.1, 0.15) is 0 Å². The number of amides is 1. The van der Waals surface area contributed by atoms with Gasteiger partial charge in [0.1, 0.15) is 12.7 Å². The molecule has 0 fully saturated rings. The molecule has 1 atom stereocenters. The molecule has 8 heteroatoms. The quantitative estimate of drug-likeness (QED) is 0.546. The lowest BCUT2D eigenvalue weighted by molar-refractivity contribution is -0.119. The smallest absolute Gasteiger partial charge is 0.230 e. The number of H-pyrrole nitrogens is 1. The van der Waals surface area contributed by atoms with Gasteiger partial charge in [0.2, 0.25) is 5.91 Å². The van der Waals surface area contributed by atoms with E-state index in [1.165, 1.54) is 11.8 Å². The molecule has 0 bridgehead atoms. The zero-order valence-corrected chi connectivity index (χ0v) is 17.3. The minimum Gasteiger partial charge on any atom is -0.486 e. The predicted octanol–water partition coefficient (Wildman–Crippen LogP) is 3.89. The van der Waals surface area contributed by atoms with Crippen molar-refractivity contribution in [3.8, 4) is 22.8 Å². The van der Waals surface area contributed by atoms with Crippen LogP contribution < -0.4 is 14.8 Å². The van der Waals surface area contributed by atoms with E-state index in [4.69, 9.17) is 9.47 Å². The van der Waals surface area contributed by atoms with Gasteiger partial charge in [-0.15, -0.1) is 0 Å². The summed E-state index contributed by atoms with van der Waals surface area (Å²) < 4.78 is 12.5. The monoisotopic (exact) mass is 459 g/mol. The number of ether oxygens (including phenoxy) is 2. The molecule has 2 N–H and O–H groups in total. The Kier molecular flexibility index (Phi) is 5.87. The number of rotatable bonds is 6. The third-order valence-electron chi connectivity index (χ3n) is 4.14. The van der Waals surface area contributed by atoms with Gasteiger partial charge in [-0.2, -0.15) is 0 Å². The van der Waals surface area contributed by atoms with E-state index in [0.717, 1.165) is 21.5 Å². The van der Waals surface area contributed by atoms with Crippen LogP contribution >= 0.6 is 27.7 Å². The average Bonchev–Trinajstić information content (AvgIpc) is 3.20. The molecule has 2 heterocycles. The second-order valence-electron chi connectivity index (χ2n) is 6.20. The molecule has 1 aliphatic rings. The van der Waals surface area contributed by atoms with E-state index >= 15 is 0 Å². The van der Waals surface area contributed by atoms with Crippen molar-refractivity contribution in [1.82, 2.24) is 15.3 Å². The first-order valence-electron chi connectivity index (χ1n) is 8.76. The van der Waals surface area contributed by atoms with Gasteiger partial charge >= 0.3 is 0 Å². The van der Waals surface area contributed by atoms with Crippen molar-refractivity contribution in [2.24, 2.45) is 0 Å². The fourth-order valence-corrected chi connectivity index (χ4v) is 3.67. The van der Waals surface area contributed by atoms with E-state index in [-0.39, 0.29) is 17.8 Å². The number of nitrogens with one attached hydrogen (secondary N) is 2. The minimum absolute atomic E-state index is 0.0750. The van der Waals surface area contributed by atoms with Gasteiger partial charge in [-0.3, -0.25) is 4.79 Å². The SMILES string of the molecule is O=C(CSc1ncc(-c2ccc(Br)cc2)[nH]1)NC[C@H]1COc2ccccc2O1. The summed E-state index contributed by atoms with van der Waals surface area (Å²) in [7, 11) is 0. The number of hydrogen-bond acceptors (Lipinski definition) is 5. The Morgan fingerprint density at radius 2 is 2.00 bits per heavy atom. The summed E-state index contributed by atoms with van der Waals surface area (Å²) in [5.41, 5.74) is 1.96. The van der Waals surface area contributed by atoms with Gasteiger partial charge in [-0.05, 0) is 29.8 Å². The maximum atomic E-state index is 12.1. The van der Waals surface area contributed by atoms with Gasteiger partial charge in [0, 0.05) is 4.47 Å². The van der Waals surface area contributed by atoms with Gasteiger partial charge in [-0.25, -0.2) is 4.98 Å². The Labute approximate surface area is 175 Å². The number of para-hydroxylation sites is 2. The van der Waals surface area contributed by atoms with Crippen LogP contribution in [0.3, 0.4) is 0 Å². The number of aromatic nitrogens is 2. The van der Waals surface area contributed by atoms with Crippen LogP contribution in [0.5, 0.6) is 11.5 Å². The molecule has 2 aromatic carbocycles. The molecule has 0 unspecified atom stereocenters. The highest BCUT2D eigenvalue weighted by Crippen LogP contribution is 2.30. The molecule has 1 aromatic heterocycles. The first kappa shape index (κ1) is 18.9. The summed E-state index contributed by atoms with van der Waals surface area (Å²) in [6, 6.07) is 15.5.